The summed E-state index contributed by atoms with van der Waals surface area (Å²) in [5, 5.41) is 1.96. The second-order valence-corrected chi connectivity index (χ2v) is 7.55. The number of hydrogen-bond acceptors (Lipinski definition) is 3. The quantitative estimate of drug-likeness (QED) is 0.472. The van der Waals surface area contributed by atoms with Gasteiger partial charge < -0.3 is 10.1 Å². The van der Waals surface area contributed by atoms with E-state index >= 15 is 0 Å². The van der Waals surface area contributed by atoms with Crippen LogP contribution in [0.1, 0.15) is 35.6 Å². The molecular formula is C24H18F7NO3. The van der Waals surface area contributed by atoms with Crippen LogP contribution in [0.2, 0.25) is 0 Å². The first kappa shape index (κ1) is 26.0. The highest BCUT2D eigenvalue weighted by Gasteiger charge is 2.37. The minimum Gasteiger partial charge on any atom is -0.490 e. The summed E-state index contributed by atoms with van der Waals surface area (Å²) >= 11 is 0. The van der Waals surface area contributed by atoms with E-state index in [1.54, 1.807) is 13.0 Å². The predicted octanol–water partition coefficient (Wildman–Crippen LogP) is 6.32. The molecule has 11 heteroatoms. The van der Waals surface area contributed by atoms with Crippen molar-refractivity contribution in [2.24, 2.45) is 0 Å². The lowest BCUT2D eigenvalue weighted by molar-refractivity contribution is -0.143. The number of ether oxygens (including phenoxy) is 1. The zero-order valence-corrected chi connectivity index (χ0v) is 18.1. The van der Waals surface area contributed by atoms with Crippen molar-refractivity contribution in [2.75, 3.05) is 11.9 Å². The molecule has 2 aromatic carbocycles. The van der Waals surface area contributed by atoms with Crippen molar-refractivity contribution in [3.05, 3.63) is 82.4 Å². The number of rotatable bonds is 6. The molecule has 1 N–H and O–H groups in total. The van der Waals surface area contributed by atoms with E-state index in [-0.39, 0.29) is 36.2 Å². The molecule has 0 radical (unpaired) electrons. The first-order valence-corrected chi connectivity index (χ1v) is 10.2. The van der Waals surface area contributed by atoms with Gasteiger partial charge in [0.1, 0.15) is 5.82 Å². The van der Waals surface area contributed by atoms with Crippen LogP contribution in [-0.4, -0.2) is 18.3 Å². The zero-order chi connectivity index (χ0) is 26.0. The molecule has 0 atom stereocenters. The molecular weight excluding hydrogens is 483 g/mol. The fraction of sp³-hybridized carbons (Fsp3) is 0.250. The Hall–Kier alpha value is -3.63. The summed E-state index contributed by atoms with van der Waals surface area (Å²) in [7, 11) is 0. The van der Waals surface area contributed by atoms with E-state index in [0.29, 0.717) is 23.3 Å². The van der Waals surface area contributed by atoms with Crippen molar-refractivity contribution >= 4 is 23.0 Å². The highest BCUT2D eigenvalue weighted by atomic mass is 19.4. The van der Waals surface area contributed by atoms with Crippen LogP contribution in [0.25, 0.3) is 5.57 Å². The summed E-state index contributed by atoms with van der Waals surface area (Å²) in [6.45, 7) is 1.97. The fourth-order valence-electron chi connectivity index (χ4n) is 3.34. The molecule has 0 heterocycles. The number of alkyl halides is 6. The Morgan fingerprint density at radius 2 is 1.63 bits per heavy atom. The highest BCUT2D eigenvalue weighted by molar-refractivity contribution is 6.01. The lowest BCUT2D eigenvalue weighted by Gasteiger charge is -2.15. The Bertz CT molecular complexity index is 1180. The molecule has 4 nitrogen and oxygen atoms in total. The van der Waals surface area contributed by atoms with E-state index in [2.05, 4.69) is 0 Å². The molecule has 35 heavy (non-hydrogen) atoms. The standard InChI is InChI=1S/C24H18F7NO3/c1-2-35-21-8-14(5-6-20(21)33)13-3-4-15(19(25)7-13)9-22(34)32-18-11-16(23(26,27)28)10-17(12-18)24(29,30)31/h3-5,7-8,10-12H,2,6,9H2,1H3,(H,32,34). The number of hydrogen-bond donors (Lipinski definition) is 1. The molecule has 3 rings (SSSR count). The lowest BCUT2D eigenvalue weighted by Crippen LogP contribution is -2.18. The van der Waals surface area contributed by atoms with Crippen molar-refractivity contribution in [2.45, 2.75) is 32.1 Å². The van der Waals surface area contributed by atoms with E-state index in [0.717, 1.165) is 6.07 Å². The van der Waals surface area contributed by atoms with Gasteiger partial charge in [0.2, 0.25) is 11.7 Å². The maximum atomic E-state index is 14.6. The van der Waals surface area contributed by atoms with Crippen LogP contribution >= 0.6 is 0 Å². The summed E-state index contributed by atoms with van der Waals surface area (Å²) in [5.74, 6) is -1.92. The molecule has 0 unspecified atom stereocenters. The molecule has 2 aromatic rings. The molecule has 0 spiro atoms. The summed E-state index contributed by atoms with van der Waals surface area (Å²) in [6.07, 6.45) is -7.68. The minimum atomic E-state index is -5.07. The van der Waals surface area contributed by atoms with E-state index in [9.17, 15) is 40.3 Å². The Morgan fingerprint density at radius 3 is 2.17 bits per heavy atom. The Labute approximate surface area is 195 Å². The van der Waals surface area contributed by atoms with Crippen molar-refractivity contribution in [1.82, 2.24) is 0 Å². The van der Waals surface area contributed by atoms with Crippen molar-refractivity contribution in [3.63, 3.8) is 0 Å². The Balaban J connectivity index is 1.79. The second-order valence-electron chi connectivity index (χ2n) is 7.55. The molecule has 0 saturated heterocycles. The van der Waals surface area contributed by atoms with E-state index < -0.39 is 47.3 Å². The topological polar surface area (TPSA) is 55.4 Å². The first-order chi connectivity index (χ1) is 16.3. The van der Waals surface area contributed by atoms with Crippen LogP contribution in [0.15, 0.2) is 54.3 Å². The molecule has 0 aromatic heterocycles. The van der Waals surface area contributed by atoms with Gasteiger partial charge in [-0.25, -0.2) is 4.39 Å². The number of nitrogens with one attached hydrogen (secondary N) is 1. The number of benzene rings is 2. The van der Waals surface area contributed by atoms with Gasteiger partial charge in [0, 0.05) is 12.1 Å². The summed E-state index contributed by atoms with van der Waals surface area (Å²) in [6, 6.07) is 4.52. The molecule has 0 saturated carbocycles. The van der Waals surface area contributed by atoms with Gasteiger partial charge in [-0.3, -0.25) is 9.59 Å². The van der Waals surface area contributed by atoms with Crippen LogP contribution in [-0.2, 0) is 33.1 Å². The SMILES string of the molecule is CCOC1=CC(c2ccc(CC(=O)Nc3cc(C(F)(F)F)cc(C(F)(F)F)c3)c(F)c2)=CCC1=O. The molecule has 1 aliphatic rings. The third-order valence-corrected chi connectivity index (χ3v) is 4.98. The van der Waals surface area contributed by atoms with Crippen LogP contribution in [0, 0.1) is 5.82 Å². The first-order valence-electron chi connectivity index (χ1n) is 10.2. The molecule has 0 fully saturated rings. The summed E-state index contributed by atoms with van der Waals surface area (Å²) in [5.41, 5.74) is -3.11. The van der Waals surface area contributed by atoms with Gasteiger partial charge in [-0.1, -0.05) is 18.2 Å². The summed E-state index contributed by atoms with van der Waals surface area (Å²) in [4.78, 5) is 24.1. The van der Waals surface area contributed by atoms with Crippen molar-refractivity contribution in [3.8, 4) is 0 Å². The zero-order valence-electron chi connectivity index (χ0n) is 18.1. The van der Waals surface area contributed by atoms with E-state index in [1.165, 1.54) is 18.2 Å². The predicted molar refractivity (Wildman–Crippen MR) is 112 cm³/mol. The third kappa shape index (κ3) is 6.49. The van der Waals surface area contributed by atoms with Gasteiger partial charge in [-0.15, -0.1) is 0 Å². The molecule has 1 aliphatic carbocycles. The summed E-state index contributed by atoms with van der Waals surface area (Å²) < 4.78 is 97.8. The molecule has 186 valence electrons. The van der Waals surface area contributed by atoms with Gasteiger partial charge in [-0.2, -0.15) is 26.3 Å². The number of halogens is 7. The lowest BCUT2D eigenvalue weighted by atomic mass is 9.96. The smallest absolute Gasteiger partial charge is 0.416 e. The number of anilines is 1. The molecule has 0 bridgehead atoms. The highest BCUT2D eigenvalue weighted by Crippen LogP contribution is 2.37. The number of Topliss-reactive ketones (excluding diaryl/α,β-unsaturated/α-hetero) is 1. The Morgan fingerprint density at radius 1 is 1.00 bits per heavy atom. The normalized spacial score (nSPS) is 14.3. The maximum absolute atomic E-state index is 14.6. The number of amides is 1. The van der Waals surface area contributed by atoms with Gasteiger partial charge in [0.15, 0.2) is 5.76 Å². The average Bonchev–Trinajstić information content (AvgIpc) is 2.75. The van der Waals surface area contributed by atoms with E-state index in [1.807, 2.05) is 5.32 Å². The van der Waals surface area contributed by atoms with Crippen LogP contribution in [0.3, 0.4) is 0 Å². The van der Waals surface area contributed by atoms with Crippen LogP contribution in [0.5, 0.6) is 0 Å². The maximum Gasteiger partial charge on any atom is 0.416 e. The fourth-order valence-corrected chi connectivity index (χ4v) is 3.34. The van der Waals surface area contributed by atoms with Gasteiger partial charge in [0.25, 0.3) is 0 Å². The molecule has 0 aliphatic heterocycles. The van der Waals surface area contributed by atoms with Gasteiger partial charge in [-0.05, 0) is 54.0 Å². The van der Waals surface area contributed by atoms with Crippen molar-refractivity contribution in [1.29, 1.82) is 0 Å². The largest absolute Gasteiger partial charge is 0.490 e. The second kappa shape index (κ2) is 9.93. The minimum absolute atomic E-state index is 0.0594. The number of carbonyl (C=O) groups excluding carboxylic acids is 2. The third-order valence-electron chi connectivity index (χ3n) is 4.98. The van der Waals surface area contributed by atoms with Gasteiger partial charge >= 0.3 is 12.4 Å². The monoisotopic (exact) mass is 501 g/mol. The van der Waals surface area contributed by atoms with Crippen LogP contribution in [0.4, 0.5) is 36.4 Å². The number of ketones is 1. The number of carbonyl (C=O) groups is 2. The average molecular weight is 501 g/mol. The Kier molecular flexibility index (Phi) is 7.37. The number of allylic oxidation sites excluding steroid dienone is 4. The van der Waals surface area contributed by atoms with E-state index in [4.69, 9.17) is 4.74 Å². The van der Waals surface area contributed by atoms with Crippen LogP contribution < -0.4 is 5.32 Å². The van der Waals surface area contributed by atoms with Gasteiger partial charge in [0.05, 0.1) is 24.2 Å². The van der Waals surface area contributed by atoms with Crippen molar-refractivity contribution < 1.29 is 45.1 Å². The molecule has 1 amide bonds.